The van der Waals surface area contributed by atoms with Crippen LogP contribution in [0.15, 0.2) is 42.5 Å². The van der Waals surface area contributed by atoms with Crippen LogP contribution in [-0.4, -0.2) is 62.0 Å². The molecular formula is C28H31ClO10. The number of methoxy groups -OCH3 is 1. The summed E-state index contributed by atoms with van der Waals surface area (Å²) in [7, 11) is 1.59. The fourth-order valence-corrected chi connectivity index (χ4v) is 4.55. The van der Waals surface area contributed by atoms with Crippen molar-refractivity contribution in [3.63, 3.8) is 0 Å². The van der Waals surface area contributed by atoms with E-state index in [1.54, 1.807) is 25.3 Å². The van der Waals surface area contributed by atoms with E-state index in [1.165, 1.54) is 27.7 Å². The lowest BCUT2D eigenvalue weighted by Gasteiger charge is -2.44. The molecular weight excluding hydrogens is 532 g/mol. The molecule has 5 atom stereocenters. The monoisotopic (exact) mass is 562 g/mol. The summed E-state index contributed by atoms with van der Waals surface area (Å²) in [6.07, 6.45) is -5.23. The molecule has 2 aromatic rings. The van der Waals surface area contributed by atoms with E-state index in [9.17, 15) is 19.2 Å². The average Bonchev–Trinajstić information content (AvgIpc) is 2.86. The largest absolute Gasteiger partial charge is 0.497 e. The van der Waals surface area contributed by atoms with Gasteiger partial charge in [-0.3, -0.25) is 19.2 Å². The molecule has 3 rings (SSSR count). The second-order valence-corrected chi connectivity index (χ2v) is 9.40. The summed E-state index contributed by atoms with van der Waals surface area (Å²) in [5.74, 6) is -1.93. The summed E-state index contributed by atoms with van der Waals surface area (Å²) < 4.78 is 33.2. The molecule has 0 spiro atoms. The number of hydrogen-bond donors (Lipinski definition) is 0. The number of hydrogen-bond acceptors (Lipinski definition) is 10. The first kappa shape index (κ1) is 29.9. The third-order valence-electron chi connectivity index (χ3n) is 5.94. The van der Waals surface area contributed by atoms with Gasteiger partial charge in [0.15, 0.2) is 18.3 Å². The van der Waals surface area contributed by atoms with Crippen LogP contribution >= 0.6 is 11.6 Å². The van der Waals surface area contributed by atoms with Gasteiger partial charge in [-0.15, -0.1) is 0 Å². The molecule has 1 heterocycles. The molecule has 0 aliphatic carbocycles. The average molecular weight is 563 g/mol. The normalized spacial score (nSPS) is 22.4. The maximum Gasteiger partial charge on any atom is 0.303 e. The van der Waals surface area contributed by atoms with Crippen LogP contribution in [-0.2, 0) is 49.3 Å². The zero-order chi connectivity index (χ0) is 28.7. The predicted molar refractivity (Wildman–Crippen MR) is 138 cm³/mol. The number of ether oxygens (including phenoxy) is 6. The molecule has 0 radical (unpaired) electrons. The second-order valence-electron chi connectivity index (χ2n) is 9.00. The van der Waals surface area contributed by atoms with Gasteiger partial charge in [0.25, 0.3) is 0 Å². The molecule has 0 aromatic heterocycles. The maximum atomic E-state index is 12.1. The topological polar surface area (TPSA) is 124 Å². The van der Waals surface area contributed by atoms with E-state index in [0.29, 0.717) is 17.0 Å². The summed E-state index contributed by atoms with van der Waals surface area (Å²) in [6.45, 7) is 4.46. The molecule has 1 aliphatic rings. The predicted octanol–water partition coefficient (Wildman–Crippen LogP) is 3.74. The van der Waals surface area contributed by atoms with Crippen LogP contribution in [0.1, 0.15) is 50.5 Å². The molecule has 5 unspecified atom stereocenters. The van der Waals surface area contributed by atoms with Crippen molar-refractivity contribution >= 4 is 35.5 Å². The van der Waals surface area contributed by atoms with Crippen LogP contribution in [0.5, 0.6) is 5.75 Å². The van der Waals surface area contributed by atoms with E-state index in [-0.39, 0.29) is 6.61 Å². The van der Waals surface area contributed by atoms with Gasteiger partial charge in [-0.05, 0) is 41.3 Å². The molecule has 11 heteroatoms. The number of rotatable bonds is 9. The van der Waals surface area contributed by atoms with Crippen molar-refractivity contribution in [1.29, 1.82) is 0 Å². The van der Waals surface area contributed by atoms with Gasteiger partial charge in [0.2, 0.25) is 0 Å². The Kier molecular flexibility index (Phi) is 10.3. The zero-order valence-electron chi connectivity index (χ0n) is 22.3. The van der Waals surface area contributed by atoms with E-state index in [4.69, 9.17) is 40.0 Å². The van der Waals surface area contributed by atoms with E-state index < -0.39 is 54.4 Å². The van der Waals surface area contributed by atoms with Crippen LogP contribution < -0.4 is 4.74 Å². The number of carbonyl (C=O) groups excluding carboxylic acids is 4. The van der Waals surface area contributed by atoms with Crippen LogP contribution in [0.2, 0.25) is 5.02 Å². The highest BCUT2D eigenvalue weighted by molar-refractivity contribution is 6.31. The van der Waals surface area contributed by atoms with Gasteiger partial charge in [-0.1, -0.05) is 35.9 Å². The molecule has 1 saturated heterocycles. The van der Waals surface area contributed by atoms with E-state index in [2.05, 4.69) is 0 Å². The fraction of sp³-hybridized carbons (Fsp3) is 0.429. The highest BCUT2D eigenvalue weighted by atomic mass is 35.5. The Morgan fingerprint density at radius 2 is 1.38 bits per heavy atom. The van der Waals surface area contributed by atoms with E-state index in [1.807, 2.05) is 24.3 Å². The van der Waals surface area contributed by atoms with Crippen molar-refractivity contribution in [3.8, 4) is 5.75 Å². The summed E-state index contributed by atoms with van der Waals surface area (Å²) >= 11 is 6.52. The highest BCUT2D eigenvalue weighted by Gasteiger charge is 2.52. The number of halogens is 1. The summed E-state index contributed by atoms with van der Waals surface area (Å²) in [5, 5.41) is 0.500. The third-order valence-corrected chi connectivity index (χ3v) is 6.31. The summed E-state index contributed by atoms with van der Waals surface area (Å²) in [4.78, 5) is 47.7. The van der Waals surface area contributed by atoms with Crippen molar-refractivity contribution in [1.82, 2.24) is 0 Å². The molecule has 1 fully saturated rings. The van der Waals surface area contributed by atoms with Crippen molar-refractivity contribution < 1.29 is 47.6 Å². The number of benzene rings is 2. The standard InChI is InChI=1S/C28H31ClO10/c1-15(30)35-14-24-26(36-16(2)31)28(38-18(4)33)27(37-17(3)32)25(39-24)20-8-11-23(29)21(13-20)12-19-6-9-22(34-5)10-7-19/h6-11,13,24-28H,12,14H2,1-5H3. The van der Waals surface area contributed by atoms with Gasteiger partial charge in [0.1, 0.15) is 24.6 Å². The Bertz CT molecular complexity index is 1200. The summed E-state index contributed by atoms with van der Waals surface area (Å²) in [5.41, 5.74) is 2.28. The lowest BCUT2D eigenvalue weighted by Crippen LogP contribution is -2.59. The van der Waals surface area contributed by atoms with Crippen LogP contribution in [0, 0.1) is 0 Å². The van der Waals surface area contributed by atoms with Gasteiger partial charge in [-0.2, -0.15) is 0 Å². The lowest BCUT2D eigenvalue weighted by molar-refractivity contribution is -0.254. The van der Waals surface area contributed by atoms with Gasteiger partial charge >= 0.3 is 23.9 Å². The minimum Gasteiger partial charge on any atom is -0.497 e. The molecule has 2 aromatic carbocycles. The lowest BCUT2D eigenvalue weighted by atomic mass is 9.89. The smallest absolute Gasteiger partial charge is 0.303 e. The number of carbonyl (C=O) groups is 4. The molecule has 0 saturated carbocycles. The Morgan fingerprint density at radius 1 is 0.795 bits per heavy atom. The van der Waals surface area contributed by atoms with Gasteiger partial charge < -0.3 is 28.4 Å². The minimum absolute atomic E-state index is 0.305. The summed E-state index contributed by atoms with van der Waals surface area (Å²) in [6, 6.07) is 12.7. The second kappa shape index (κ2) is 13.4. The first-order chi connectivity index (χ1) is 18.5. The molecule has 0 N–H and O–H groups in total. The third kappa shape index (κ3) is 8.18. The Labute approximate surface area is 231 Å². The van der Waals surface area contributed by atoms with Crippen molar-refractivity contribution in [2.75, 3.05) is 13.7 Å². The number of esters is 4. The van der Waals surface area contributed by atoms with Crippen molar-refractivity contribution in [2.45, 2.75) is 64.6 Å². The molecule has 10 nitrogen and oxygen atoms in total. The Morgan fingerprint density at radius 3 is 1.95 bits per heavy atom. The van der Waals surface area contributed by atoms with Crippen LogP contribution in [0.25, 0.3) is 0 Å². The molecule has 1 aliphatic heterocycles. The minimum atomic E-state index is -1.25. The fourth-order valence-electron chi connectivity index (χ4n) is 4.37. The molecule has 210 valence electrons. The van der Waals surface area contributed by atoms with Crippen LogP contribution in [0.4, 0.5) is 0 Å². The molecule has 0 bridgehead atoms. The Hall–Kier alpha value is -3.63. The van der Waals surface area contributed by atoms with E-state index >= 15 is 0 Å². The first-order valence-corrected chi connectivity index (χ1v) is 12.6. The van der Waals surface area contributed by atoms with Gasteiger partial charge in [0.05, 0.1) is 7.11 Å². The first-order valence-electron chi connectivity index (χ1n) is 12.2. The highest BCUT2D eigenvalue weighted by Crippen LogP contribution is 2.39. The molecule has 0 amide bonds. The van der Waals surface area contributed by atoms with Crippen molar-refractivity contribution in [3.05, 3.63) is 64.2 Å². The maximum absolute atomic E-state index is 12.1. The van der Waals surface area contributed by atoms with E-state index in [0.717, 1.165) is 16.9 Å². The van der Waals surface area contributed by atoms with Crippen molar-refractivity contribution in [2.24, 2.45) is 0 Å². The Balaban J connectivity index is 2.05. The van der Waals surface area contributed by atoms with Gasteiger partial charge in [0, 0.05) is 32.7 Å². The zero-order valence-corrected chi connectivity index (χ0v) is 23.1. The molecule has 39 heavy (non-hydrogen) atoms. The SMILES string of the molecule is COc1ccc(Cc2cc(C3OC(COC(C)=O)C(OC(C)=O)C(OC(C)=O)C3OC(C)=O)ccc2Cl)cc1. The van der Waals surface area contributed by atoms with Crippen LogP contribution in [0.3, 0.4) is 0 Å². The quantitative estimate of drug-likeness (QED) is 0.330. The van der Waals surface area contributed by atoms with Gasteiger partial charge in [-0.25, -0.2) is 0 Å².